The third-order valence-electron chi connectivity index (χ3n) is 3.65. The van der Waals surface area contributed by atoms with E-state index < -0.39 is 11.2 Å². The highest BCUT2D eigenvalue weighted by Gasteiger charge is 2.32. The first-order chi connectivity index (χ1) is 8.95. The molecule has 0 aromatic carbocycles. The van der Waals surface area contributed by atoms with E-state index in [4.69, 9.17) is 4.74 Å². The van der Waals surface area contributed by atoms with E-state index in [0.717, 1.165) is 12.6 Å². The molecule has 0 saturated carbocycles. The fourth-order valence-electron chi connectivity index (χ4n) is 2.03. The molecule has 1 amide bonds. The largest absolute Gasteiger partial charge is 0.488 e. The highest BCUT2D eigenvalue weighted by Crippen LogP contribution is 2.29. The van der Waals surface area contributed by atoms with Gasteiger partial charge in [0.1, 0.15) is 6.61 Å². The van der Waals surface area contributed by atoms with Crippen LogP contribution >= 0.6 is 0 Å². The molecule has 1 aromatic rings. The Balaban J connectivity index is 2.25. The van der Waals surface area contributed by atoms with Crippen molar-refractivity contribution in [2.24, 2.45) is 5.41 Å². The van der Waals surface area contributed by atoms with E-state index in [1.165, 1.54) is 0 Å². The molecular formula is C14H19FN2O2. The number of amides is 1. The van der Waals surface area contributed by atoms with Crippen LogP contribution in [0.5, 0.6) is 5.75 Å². The first-order valence-electron chi connectivity index (χ1n) is 6.50. The summed E-state index contributed by atoms with van der Waals surface area (Å²) in [5, 5.41) is 0. The van der Waals surface area contributed by atoms with Crippen LogP contribution in [0, 0.1) is 11.2 Å². The van der Waals surface area contributed by atoms with Gasteiger partial charge in [0.15, 0.2) is 11.6 Å². The van der Waals surface area contributed by atoms with Crippen molar-refractivity contribution in [3.63, 3.8) is 0 Å². The second kappa shape index (κ2) is 5.15. The van der Waals surface area contributed by atoms with Gasteiger partial charge in [-0.25, -0.2) is 4.39 Å². The number of carbonyl (C=O) groups excluding carboxylic acids is 1. The number of carbonyl (C=O) groups is 1. The van der Waals surface area contributed by atoms with Crippen molar-refractivity contribution in [2.45, 2.75) is 33.7 Å². The van der Waals surface area contributed by atoms with Crippen LogP contribution in [0.1, 0.15) is 32.8 Å². The molecule has 0 unspecified atom stereocenters. The Hall–Kier alpha value is -1.65. The lowest BCUT2D eigenvalue weighted by Crippen LogP contribution is -2.41. The molecule has 4 nitrogen and oxygen atoms in total. The van der Waals surface area contributed by atoms with Crippen molar-refractivity contribution < 1.29 is 13.9 Å². The van der Waals surface area contributed by atoms with Crippen molar-refractivity contribution >= 4 is 5.91 Å². The van der Waals surface area contributed by atoms with Gasteiger partial charge < -0.3 is 9.64 Å². The minimum atomic E-state index is -0.471. The minimum Gasteiger partial charge on any atom is -0.488 e. The normalized spacial score (nSPS) is 15.5. The van der Waals surface area contributed by atoms with Crippen molar-refractivity contribution in [1.82, 2.24) is 9.88 Å². The van der Waals surface area contributed by atoms with Crippen LogP contribution in [0.3, 0.4) is 0 Å². The fraction of sp³-hybridized carbons (Fsp3) is 0.571. The Morgan fingerprint density at radius 3 is 2.95 bits per heavy atom. The second-order valence-electron chi connectivity index (χ2n) is 5.42. The van der Waals surface area contributed by atoms with E-state index in [-0.39, 0.29) is 11.7 Å². The molecule has 104 valence electrons. The molecule has 0 fully saturated rings. The van der Waals surface area contributed by atoms with Crippen molar-refractivity contribution in [3.05, 3.63) is 23.8 Å². The van der Waals surface area contributed by atoms with E-state index in [1.807, 2.05) is 20.8 Å². The molecule has 1 aromatic heterocycles. The van der Waals surface area contributed by atoms with Crippen LogP contribution < -0.4 is 4.74 Å². The summed E-state index contributed by atoms with van der Waals surface area (Å²) in [7, 11) is 0. The summed E-state index contributed by atoms with van der Waals surface area (Å²) in [6.07, 6.45) is 3.45. The lowest BCUT2D eigenvalue weighted by molar-refractivity contribution is -0.141. The van der Waals surface area contributed by atoms with E-state index in [1.54, 1.807) is 11.1 Å². The fourth-order valence-corrected chi connectivity index (χ4v) is 2.03. The molecule has 0 aliphatic carbocycles. The number of hydrogen-bond donors (Lipinski definition) is 0. The highest BCUT2D eigenvalue weighted by atomic mass is 19.1. The topological polar surface area (TPSA) is 42.4 Å². The summed E-state index contributed by atoms with van der Waals surface area (Å²) < 4.78 is 19.0. The van der Waals surface area contributed by atoms with Crippen molar-refractivity contribution in [2.75, 3.05) is 13.2 Å². The Labute approximate surface area is 112 Å². The molecule has 0 atom stereocenters. The Bertz CT molecular complexity index is 488. The maximum absolute atomic E-state index is 13.6. The van der Waals surface area contributed by atoms with E-state index in [0.29, 0.717) is 25.3 Å². The maximum Gasteiger partial charge on any atom is 0.228 e. The first-order valence-corrected chi connectivity index (χ1v) is 6.50. The summed E-state index contributed by atoms with van der Waals surface area (Å²) in [5.41, 5.74) is 0.211. The van der Waals surface area contributed by atoms with Gasteiger partial charge in [0.25, 0.3) is 0 Å². The quantitative estimate of drug-likeness (QED) is 0.825. The highest BCUT2D eigenvalue weighted by molar-refractivity contribution is 5.82. The van der Waals surface area contributed by atoms with Crippen LogP contribution in [0.15, 0.2) is 12.4 Å². The summed E-state index contributed by atoms with van der Waals surface area (Å²) in [4.78, 5) is 18.0. The number of halogens is 1. The van der Waals surface area contributed by atoms with Crippen LogP contribution in [-0.4, -0.2) is 28.9 Å². The predicted molar refractivity (Wildman–Crippen MR) is 69.2 cm³/mol. The number of aromatic nitrogens is 1. The van der Waals surface area contributed by atoms with Gasteiger partial charge in [-0.2, -0.15) is 0 Å². The predicted octanol–water partition coefficient (Wildman–Crippen LogP) is 2.38. The standard InChI is InChI=1S/C14H19FN2O2/c1-4-14(2,3)13(18)17-5-6-19-12-10(9-17)7-16-8-11(12)15/h7-8H,4-6,9H2,1-3H3. The minimum absolute atomic E-state index is 0.0655. The van der Waals surface area contributed by atoms with Crippen molar-refractivity contribution in [1.29, 1.82) is 0 Å². The van der Waals surface area contributed by atoms with Gasteiger partial charge in [-0.1, -0.05) is 20.8 Å². The van der Waals surface area contributed by atoms with Gasteiger partial charge >= 0.3 is 0 Å². The van der Waals surface area contributed by atoms with Gasteiger partial charge in [-0.05, 0) is 6.42 Å². The molecular weight excluding hydrogens is 247 g/mol. The molecule has 2 rings (SSSR count). The van der Waals surface area contributed by atoms with Crippen molar-refractivity contribution in [3.8, 4) is 5.75 Å². The molecule has 2 heterocycles. The summed E-state index contributed by atoms with van der Waals surface area (Å²) in [5.74, 6) is -0.183. The lowest BCUT2D eigenvalue weighted by atomic mass is 9.88. The number of nitrogens with zero attached hydrogens (tertiary/aromatic N) is 2. The number of rotatable bonds is 2. The number of hydrogen-bond acceptors (Lipinski definition) is 3. The molecule has 0 N–H and O–H groups in total. The van der Waals surface area contributed by atoms with Gasteiger partial charge in [-0.3, -0.25) is 9.78 Å². The second-order valence-corrected chi connectivity index (χ2v) is 5.42. The zero-order valence-electron chi connectivity index (χ0n) is 11.6. The number of fused-ring (bicyclic) bond motifs is 1. The molecule has 1 aliphatic rings. The molecule has 19 heavy (non-hydrogen) atoms. The first kappa shape index (κ1) is 13.8. The molecule has 0 spiro atoms. The maximum atomic E-state index is 13.6. The Morgan fingerprint density at radius 2 is 2.26 bits per heavy atom. The van der Waals surface area contributed by atoms with E-state index in [2.05, 4.69) is 4.98 Å². The Kier molecular flexibility index (Phi) is 3.73. The van der Waals surface area contributed by atoms with Crippen LogP contribution in [0.25, 0.3) is 0 Å². The molecule has 0 saturated heterocycles. The lowest BCUT2D eigenvalue weighted by Gasteiger charge is -2.29. The van der Waals surface area contributed by atoms with Crippen LogP contribution in [0.2, 0.25) is 0 Å². The number of pyridine rings is 1. The Morgan fingerprint density at radius 1 is 1.53 bits per heavy atom. The van der Waals surface area contributed by atoms with Gasteiger partial charge in [0.2, 0.25) is 5.91 Å². The van der Waals surface area contributed by atoms with Gasteiger partial charge in [-0.15, -0.1) is 0 Å². The summed E-state index contributed by atoms with van der Waals surface area (Å²) >= 11 is 0. The number of ether oxygens (including phenoxy) is 1. The SMILES string of the molecule is CCC(C)(C)C(=O)N1CCOc2c(F)cncc2C1. The van der Waals surface area contributed by atoms with E-state index in [9.17, 15) is 9.18 Å². The summed E-state index contributed by atoms with van der Waals surface area (Å²) in [6.45, 7) is 6.96. The zero-order valence-corrected chi connectivity index (χ0v) is 11.6. The van der Waals surface area contributed by atoms with Crippen LogP contribution in [-0.2, 0) is 11.3 Å². The molecule has 1 aliphatic heterocycles. The zero-order chi connectivity index (χ0) is 14.0. The van der Waals surface area contributed by atoms with E-state index >= 15 is 0 Å². The van der Waals surface area contributed by atoms with Gasteiger partial charge in [0, 0.05) is 17.2 Å². The monoisotopic (exact) mass is 266 g/mol. The average molecular weight is 266 g/mol. The molecule has 5 heteroatoms. The average Bonchev–Trinajstić information content (AvgIpc) is 2.61. The third kappa shape index (κ3) is 2.69. The summed E-state index contributed by atoms with van der Waals surface area (Å²) in [6, 6.07) is 0. The molecule has 0 radical (unpaired) electrons. The molecule has 0 bridgehead atoms. The smallest absolute Gasteiger partial charge is 0.228 e. The third-order valence-corrected chi connectivity index (χ3v) is 3.65. The van der Waals surface area contributed by atoms with Gasteiger partial charge in [0.05, 0.1) is 19.3 Å². The van der Waals surface area contributed by atoms with Crippen LogP contribution in [0.4, 0.5) is 4.39 Å².